The van der Waals surface area contributed by atoms with Gasteiger partial charge in [0.15, 0.2) is 0 Å². The first-order valence-electron chi connectivity index (χ1n) is 9.00. The van der Waals surface area contributed by atoms with E-state index in [1.807, 2.05) is 25.1 Å². The minimum absolute atomic E-state index is 0.0178. The van der Waals surface area contributed by atoms with Crippen LogP contribution in [0, 0.1) is 11.3 Å². The molecule has 7 heteroatoms. The third-order valence-corrected chi connectivity index (χ3v) is 4.21. The summed E-state index contributed by atoms with van der Waals surface area (Å²) >= 11 is 0. The molecular weight excluding hydrogens is 356 g/mol. The van der Waals surface area contributed by atoms with Gasteiger partial charge in [-0.05, 0) is 49.2 Å². The minimum Gasteiger partial charge on any atom is -0.384 e. The number of hydroxylamine groups is 2. The molecule has 0 aliphatic carbocycles. The third kappa shape index (κ3) is 5.33. The van der Waals surface area contributed by atoms with Crippen molar-refractivity contribution in [1.82, 2.24) is 11.0 Å². The van der Waals surface area contributed by atoms with Gasteiger partial charge in [0.05, 0.1) is 23.8 Å². The highest BCUT2D eigenvalue weighted by atomic mass is 16.7. The fourth-order valence-electron chi connectivity index (χ4n) is 2.76. The normalized spacial score (nSPS) is 15.3. The number of nitrogens with one attached hydrogen (secondary N) is 3. The van der Waals surface area contributed by atoms with E-state index in [1.54, 1.807) is 36.4 Å². The van der Waals surface area contributed by atoms with Gasteiger partial charge in [-0.15, -0.1) is 0 Å². The Labute approximate surface area is 163 Å². The van der Waals surface area contributed by atoms with E-state index in [0.29, 0.717) is 17.7 Å². The number of amides is 1. The van der Waals surface area contributed by atoms with Crippen LogP contribution in [0.4, 0.5) is 5.69 Å². The number of para-hydroxylation sites is 1. The number of nitrogens with zero attached hydrogens (tertiary/aromatic N) is 1. The second-order valence-corrected chi connectivity index (χ2v) is 6.40. The number of benzene rings is 2. The summed E-state index contributed by atoms with van der Waals surface area (Å²) in [6, 6.07) is 16.3. The van der Waals surface area contributed by atoms with Gasteiger partial charge < -0.3 is 5.32 Å². The Morgan fingerprint density at radius 1 is 1.25 bits per heavy atom. The van der Waals surface area contributed by atoms with Crippen molar-refractivity contribution in [2.45, 2.75) is 26.1 Å². The smallest absolute Gasteiger partial charge is 0.276 e. The molecule has 0 radical (unpaired) electrons. The molecule has 3 rings (SSSR count). The molecule has 3 N–H and O–H groups in total. The van der Waals surface area contributed by atoms with Gasteiger partial charge in [0.25, 0.3) is 5.91 Å². The van der Waals surface area contributed by atoms with Crippen LogP contribution >= 0.6 is 0 Å². The summed E-state index contributed by atoms with van der Waals surface area (Å²) < 4.78 is 0. The van der Waals surface area contributed by atoms with Crippen LogP contribution in [0.15, 0.2) is 60.3 Å². The van der Waals surface area contributed by atoms with E-state index in [1.165, 1.54) is 0 Å². The fraction of sp³-hybridized carbons (Fsp3) is 0.238. The average molecular weight is 378 g/mol. The van der Waals surface area contributed by atoms with Gasteiger partial charge >= 0.3 is 0 Å². The van der Waals surface area contributed by atoms with Crippen LogP contribution in [-0.4, -0.2) is 18.6 Å². The average Bonchev–Trinajstić information content (AvgIpc) is 3.14. The van der Waals surface area contributed by atoms with Crippen LogP contribution in [0.3, 0.4) is 0 Å². The molecule has 1 atom stereocenters. The molecule has 1 unspecified atom stereocenters. The summed E-state index contributed by atoms with van der Waals surface area (Å²) in [7, 11) is 0. The number of carbonyl (C=O) groups is 1. The van der Waals surface area contributed by atoms with Crippen molar-refractivity contribution in [3.05, 3.63) is 77.0 Å². The van der Waals surface area contributed by atoms with Crippen LogP contribution in [-0.2, 0) is 16.3 Å². The second kappa shape index (κ2) is 9.55. The summed E-state index contributed by atoms with van der Waals surface area (Å²) in [6.45, 7) is 2.82. The van der Waals surface area contributed by atoms with E-state index in [2.05, 4.69) is 22.3 Å². The van der Waals surface area contributed by atoms with Crippen LogP contribution in [0.5, 0.6) is 0 Å². The highest BCUT2D eigenvalue weighted by molar-refractivity contribution is 5.98. The molecule has 0 saturated carbocycles. The van der Waals surface area contributed by atoms with Crippen LogP contribution < -0.4 is 16.3 Å². The van der Waals surface area contributed by atoms with Crippen LogP contribution in [0.2, 0.25) is 0 Å². The van der Waals surface area contributed by atoms with Gasteiger partial charge in [-0.1, -0.05) is 24.3 Å². The molecule has 1 aliphatic heterocycles. The molecular formula is C21H22N4O3. The van der Waals surface area contributed by atoms with Gasteiger partial charge in [-0.25, -0.2) is 5.48 Å². The van der Waals surface area contributed by atoms with Gasteiger partial charge in [0.2, 0.25) is 0 Å². The zero-order valence-corrected chi connectivity index (χ0v) is 15.6. The Bertz CT molecular complexity index is 887. The SMILES string of the molecule is CC1=CC(CCNc2ccccc2C(=O)NOCc2ccc(C#N)cc2)ON1. The standard InChI is InChI=1S/C21H22N4O3/c1-15-12-18(28-24-15)10-11-23-20-5-3-2-4-19(20)21(26)25-27-14-17-8-6-16(13-22)7-9-17/h2-9,12,18,23-24H,10-11,14H2,1H3,(H,25,26). The van der Waals surface area contributed by atoms with Crippen molar-refractivity contribution in [3.63, 3.8) is 0 Å². The number of anilines is 1. The van der Waals surface area contributed by atoms with E-state index >= 15 is 0 Å². The molecule has 1 aliphatic rings. The van der Waals surface area contributed by atoms with Crippen molar-refractivity contribution >= 4 is 11.6 Å². The Morgan fingerprint density at radius 2 is 2.04 bits per heavy atom. The predicted octanol–water partition coefficient (Wildman–Crippen LogP) is 3.03. The Morgan fingerprint density at radius 3 is 2.75 bits per heavy atom. The summed E-state index contributed by atoms with van der Waals surface area (Å²) in [5, 5.41) is 12.1. The minimum atomic E-state index is -0.328. The largest absolute Gasteiger partial charge is 0.384 e. The maximum atomic E-state index is 12.5. The molecule has 2 aromatic rings. The van der Waals surface area contributed by atoms with Gasteiger partial charge in [-0.3, -0.25) is 19.9 Å². The second-order valence-electron chi connectivity index (χ2n) is 6.40. The van der Waals surface area contributed by atoms with Crippen molar-refractivity contribution in [2.75, 3.05) is 11.9 Å². The highest BCUT2D eigenvalue weighted by Gasteiger charge is 2.14. The summed E-state index contributed by atoms with van der Waals surface area (Å²) in [5.41, 5.74) is 8.97. The quantitative estimate of drug-likeness (QED) is 0.611. The molecule has 0 fully saturated rings. The molecule has 7 nitrogen and oxygen atoms in total. The lowest BCUT2D eigenvalue weighted by molar-refractivity contribution is 0.0234. The molecule has 0 bridgehead atoms. The van der Waals surface area contributed by atoms with E-state index < -0.39 is 0 Å². The number of nitriles is 1. The molecule has 1 heterocycles. The molecule has 144 valence electrons. The number of allylic oxidation sites excluding steroid dienone is 1. The summed E-state index contributed by atoms with van der Waals surface area (Å²) in [4.78, 5) is 23.2. The van der Waals surface area contributed by atoms with E-state index in [0.717, 1.165) is 23.4 Å². The number of hydrogen-bond donors (Lipinski definition) is 3. The van der Waals surface area contributed by atoms with Gasteiger partial charge in [0, 0.05) is 17.9 Å². The molecule has 0 saturated heterocycles. The van der Waals surface area contributed by atoms with Gasteiger partial charge in [-0.2, -0.15) is 5.26 Å². The lowest BCUT2D eigenvalue weighted by atomic mass is 10.1. The summed E-state index contributed by atoms with van der Waals surface area (Å²) in [6.07, 6.45) is 2.82. The Kier molecular flexibility index (Phi) is 6.63. The highest BCUT2D eigenvalue weighted by Crippen LogP contribution is 2.16. The van der Waals surface area contributed by atoms with Crippen molar-refractivity contribution < 1.29 is 14.5 Å². The zero-order chi connectivity index (χ0) is 19.8. The van der Waals surface area contributed by atoms with E-state index in [9.17, 15) is 4.79 Å². The van der Waals surface area contributed by atoms with Crippen LogP contribution in [0.1, 0.15) is 34.8 Å². The predicted molar refractivity (Wildman–Crippen MR) is 105 cm³/mol. The third-order valence-electron chi connectivity index (χ3n) is 4.21. The van der Waals surface area contributed by atoms with E-state index in [-0.39, 0.29) is 18.6 Å². The molecule has 0 aromatic heterocycles. The first-order valence-corrected chi connectivity index (χ1v) is 9.00. The fourth-order valence-corrected chi connectivity index (χ4v) is 2.76. The van der Waals surface area contributed by atoms with Crippen LogP contribution in [0.25, 0.3) is 0 Å². The maximum absolute atomic E-state index is 12.5. The molecule has 2 aromatic carbocycles. The lowest BCUT2D eigenvalue weighted by Gasteiger charge is -2.13. The van der Waals surface area contributed by atoms with Crippen molar-refractivity contribution in [1.29, 1.82) is 5.26 Å². The lowest BCUT2D eigenvalue weighted by Crippen LogP contribution is -2.25. The first kappa shape index (κ1) is 19.4. The number of hydrogen-bond acceptors (Lipinski definition) is 6. The zero-order valence-electron chi connectivity index (χ0n) is 15.6. The molecule has 1 amide bonds. The number of rotatable bonds is 8. The van der Waals surface area contributed by atoms with E-state index in [4.69, 9.17) is 14.9 Å². The van der Waals surface area contributed by atoms with Gasteiger partial charge in [0.1, 0.15) is 6.10 Å². The molecule has 0 spiro atoms. The maximum Gasteiger partial charge on any atom is 0.276 e. The summed E-state index contributed by atoms with van der Waals surface area (Å²) in [5.74, 6) is -0.328. The van der Waals surface area contributed by atoms with Crippen molar-refractivity contribution in [3.8, 4) is 6.07 Å². The Balaban J connectivity index is 1.49. The topological polar surface area (TPSA) is 95.4 Å². The molecule has 28 heavy (non-hydrogen) atoms. The number of carbonyl (C=O) groups excluding carboxylic acids is 1. The Hall–Kier alpha value is -3.34. The monoisotopic (exact) mass is 378 g/mol. The van der Waals surface area contributed by atoms with Crippen molar-refractivity contribution in [2.24, 2.45) is 0 Å². The first-order chi connectivity index (χ1) is 13.7.